The summed E-state index contributed by atoms with van der Waals surface area (Å²) in [6.45, 7) is 4.00. The molecule has 3 heteroatoms. The Kier molecular flexibility index (Phi) is 1.94. The molecule has 0 heterocycles. The summed E-state index contributed by atoms with van der Waals surface area (Å²) < 4.78 is 0. The minimum atomic E-state index is -0.481. The first-order valence-corrected chi connectivity index (χ1v) is 5.38. The number of hydrogen-bond donors (Lipinski definition) is 2. The lowest BCUT2D eigenvalue weighted by Crippen LogP contribution is -2.41. The molecule has 3 N–H and O–H groups in total. The SMILES string of the molecule is C[C@@]12CCC[C@@H]([C@@H]1O)[C@](C)(C(N)=O)C2. The average molecular weight is 197 g/mol. The fraction of sp³-hybridized carbons (Fsp3) is 0.909. The van der Waals surface area contributed by atoms with Gasteiger partial charge in [-0.1, -0.05) is 20.3 Å². The van der Waals surface area contributed by atoms with Crippen LogP contribution in [0, 0.1) is 16.7 Å². The zero-order valence-electron chi connectivity index (χ0n) is 8.92. The Balaban J connectivity index is 2.38. The highest BCUT2D eigenvalue weighted by Crippen LogP contribution is 2.59. The molecule has 2 aliphatic carbocycles. The molecule has 0 aromatic carbocycles. The molecule has 2 saturated carbocycles. The number of rotatable bonds is 1. The van der Waals surface area contributed by atoms with Crippen molar-refractivity contribution >= 4 is 5.91 Å². The van der Waals surface area contributed by atoms with Crippen LogP contribution in [-0.2, 0) is 4.79 Å². The maximum Gasteiger partial charge on any atom is 0.223 e. The number of aliphatic hydroxyl groups is 1. The first-order chi connectivity index (χ1) is 6.40. The molecule has 80 valence electrons. The van der Waals surface area contributed by atoms with E-state index < -0.39 is 5.41 Å². The van der Waals surface area contributed by atoms with Gasteiger partial charge in [0.05, 0.1) is 11.5 Å². The highest BCUT2D eigenvalue weighted by atomic mass is 16.3. The number of fused-ring (bicyclic) bond motifs is 2. The number of hydrogen-bond acceptors (Lipinski definition) is 2. The van der Waals surface area contributed by atoms with E-state index in [9.17, 15) is 9.90 Å². The molecule has 4 atom stereocenters. The summed E-state index contributed by atoms with van der Waals surface area (Å²) in [5, 5.41) is 10.1. The van der Waals surface area contributed by atoms with Gasteiger partial charge in [0.2, 0.25) is 5.91 Å². The van der Waals surface area contributed by atoms with Crippen molar-refractivity contribution in [1.82, 2.24) is 0 Å². The van der Waals surface area contributed by atoms with E-state index in [1.807, 2.05) is 6.92 Å². The van der Waals surface area contributed by atoms with Gasteiger partial charge in [-0.3, -0.25) is 4.79 Å². The van der Waals surface area contributed by atoms with Gasteiger partial charge in [-0.05, 0) is 30.6 Å². The minimum Gasteiger partial charge on any atom is -0.392 e. The van der Waals surface area contributed by atoms with Gasteiger partial charge in [0.15, 0.2) is 0 Å². The molecule has 2 rings (SSSR count). The number of amides is 1. The van der Waals surface area contributed by atoms with Crippen LogP contribution in [0.1, 0.15) is 39.5 Å². The van der Waals surface area contributed by atoms with Crippen molar-refractivity contribution in [3.8, 4) is 0 Å². The first-order valence-electron chi connectivity index (χ1n) is 5.38. The van der Waals surface area contributed by atoms with Gasteiger partial charge >= 0.3 is 0 Å². The molecule has 0 aromatic heterocycles. The largest absolute Gasteiger partial charge is 0.392 e. The van der Waals surface area contributed by atoms with Crippen molar-refractivity contribution in [2.45, 2.75) is 45.6 Å². The third-order valence-corrected chi connectivity index (χ3v) is 4.51. The standard InChI is InChI=1S/C11H19NO2/c1-10-5-3-4-7(8(10)13)11(2,6-10)9(12)14/h7-8,13H,3-6H2,1-2H3,(H2,12,14)/t7-,8-,10-,11+/m0/s1. The van der Waals surface area contributed by atoms with Gasteiger partial charge in [-0.2, -0.15) is 0 Å². The van der Waals surface area contributed by atoms with Crippen LogP contribution in [0.2, 0.25) is 0 Å². The Morgan fingerprint density at radius 3 is 2.64 bits per heavy atom. The van der Waals surface area contributed by atoms with Gasteiger partial charge in [0.1, 0.15) is 0 Å². The molecule has 2 aliphatic rings. The van der Waals surface area contributed by atoms with Gasteiger partial charge in [0.25, 0.3) is 0 Å². The predicted octanol–water partition coefficient (Wildman–Crippen LogP) is 1.05. The second-order valence-electron chi connectivity index (χ2n) is 5.56. The second kappa shape index (κ2) is 2.72. The van der Waals surface area contributed by atoms with Crippen molar-refractivity contribution in [3.05, 3.63) is 0 Å². The van der Waals surface area contributed by atoms with Crippen LogP contribution in [0.5, 0.6) is 0 Å². The lowest BCUT2D eigenvalue weighted by molar-refractivity contribution is -0.130. The summed E-state index contributed by atoms with van der Waals surface area (Å²) in [5.41, 5.74) is 4.90. The fourth-order valence-corrected chi connectivity index (χ4v) is 3.62. The maximum atomic E-state index is 11.5. The van der Waals surface area contributed by atoms with E-state index in [1.165, 1.54) is 0 Å². The Hall–Kier alpha value is -0.570. The number of primary amides is 1. The molecule has 2 bridgehead atoms. The average Bonchev–Trinajstić information content (AvgIpc) is 2.23. The van der Waals surface area contributed by atoms with E-state index >= 15 is 0 Å². The molecule has 2 fully saturated rings. The Morgan fingerprint density at radius 1 is 1.50 bits per heavy atom. The minimum absolute atomic E-state index is 0.0767. The van der Waals surface area contributed by atoms with E-state index in [0.29, 0.717) is 0 Å². The zero-order valence-corrected chi connectivity index (χ0v) is 8.92. The molecule has 0 aromatic rings. The highest BCUT2D eigenvalue weighted by molar-refractivity contribution is 5.81. The van der Waals surface area contributed by atoms with Gasteiger partial charge in [0, 0.05) is 0 Å². The molecular formula is C11H19NO2. The monoisotopic (exact) mass is 197 g/mol. The topological polar surface area (TPSA) is 63.3 Å². The smallest absolute Gasteiger partial charge is 0.223 e. The van der Waals surface area contributed by atoms with Crippen LogP contribution in [0.3, 0.4) is 0 Å². The van der Waals surface area contributed by atoms with Gasteiger partial charge in [-0.15, -0.1) is 0 Å². The first kappa shape index (κ1) is 9.97. The van der Waals surface area contributed by atoms with E-state index in [-0.39, 0.29) is 23.3 Å². The van der Waals surface area contributed by atoms with E-state index in [4.69, 9.17) is 5.73 Å². The van der Waals surface area contributed by atoms with Crippen LogP contribution < -0.4 is 5.73 Å². The zero-order chi connectivity index (χ0) is 10.6. The summed E-state index contributed by atoms with van der Waals surface area (Å²) >= 11 is 0. The van der Waals surface area contributed by atoms with Crippen molar-refractivity contribution in [3.63, 3.8) is 0 Å². The van der Waals surface area contributed by atoms with E-state index in [0.717, 1.165) is 25.7 Å². The summed E-state index contributed by atoms with van der Waals surface area (Å²) in [5.74, 6) is -0.161. The van der Waals surface area contributed by atoms with Crippen molar-refractivity contribution in [2.75, 3.05) is 0 Å². The summed E-state index contributed by atoms with van der Waals surface area (Å²) in [6.07, 6.45) is 3.49. The van der Waals surface area contributed by atoms with E-state index in [2.05, 4.69) is 6.92 Å². The van der Waals surface area contributed by atoms with Crippen LogP contribution in [-0.4, -0.2) is 17.1 Å². The van der Waals surface area contributed by atoms with Crippen molar-refractivity contribution in [1.29, 1.82) is 0 Å². The fourth-order valence-electron chi connectivity index (χ4n) is 3.62. The molecule has 0 aliphatic heterocycles. The normalized spacial score (nSPS) is 51.9. The highest BCUT2D eigenvalue weighted by Gasteiger charge is 2.60. The molecule has 0 saturated heterocycles. The molecule has 3 nitrogen and oxygen atoms in total. The lowest BCUT2D eigenvalue weighted by Gasteiger charge is -2.35. The van der Waals surface area contributed by atoms with Crippen LogP contribution in [0.15, 0.2) is 0 Å². The third kappa shape index (κ3) is 1.05. The molecule has 0 unspecified atom stereocenters. The number of carbonyl (C=O) groups is 1. The quantitative estimate of drug-likeness (QED) is 0.660. The molecule has 1 amide bonds. The lowest BCUT2D eigenvalue weighted by atomic mass is 9.74. The summed E-state index contributed by atoms with van der Waals surface area (Å²) in [4.78, 5) is 11.5. The number of carbonyl (C=O) groups excluding carboxylic acids is 1. The molecule has 0 spiro atoms. The Bertz CT molecular complexity index is 278. The Morgan fingerprint density at radius 2 is 2.14 bits per heavy atom. The van der Waals surface area contributed by atoms with Crippen LogP contribution in [0.4, 0.5) is 0 Å². The van der Waals surface area contributed by atoms with Crippen molar-refractivity contribution < 1.29 is 9.90 Å². The van der Waals surface area contributed by atoms with Crippen LogP contribution in [0.25, 0.3) is 0 Å². The van der Waals surface area contributed by atoms with Gasteiger partial charge < -0.3 is 10.8 Å². The Labute approximate surface area is 84.7 Å². The third-order valence-electron chi connectivity index (χ3n) is 4.51. The molecule has 0 radical (unpaired) electrons. The summed E-state index contributed by atoms with van der Waals surface area (Å²) in [7, 11) is 0. The predicted molar refractivity (Wildman–Crippen MR) is 53.4 cm³/mol. The van der Waals surface area contributed by atoms with Gasteiger partial charge in [-0.25, -0.2) is 0 Å². The maximum absolute atomic E-state index is 11.5. The van der Waals surface area contributed by atoms with Crippen LogP contribution >= 0.6 is 0 Å². The van der Waals surface area contributed by atoms with Crippen molar-refractivity contribution in [2.24, 2.45) is 22.5 Å². The molecular weight excluding hydrogens is 178 g/mol. The number of nitrogens with two attached hydrogens (primary N) is 1. The van der Waals surface area contributed by atoms with E-state index in [1.54, 1.807) is 0 Å². The second-order valence-corrected chi connectivity index (χ2v) is 5.56. The summed E-state index contributed by atoms with van der Waals surface area (Å²) in [6, 6.07) is 0. The molecule has 14 heavy (non-hydrogen) atoms. The number of aliphatic hydroxyl groups excluding tert-OH is 1.